The monoisotopic (exact) mass is 308 g/mol. The zero-order valence-corrected chi connectivity index (χ0v) is 13.5. The predicted octanol–water partition coefficient (Wildman–Crippen LogP) is 2.18. The second-order valence-corrected chi connectivity index (χ2v) is 7.13. The number of morpholine rings is 1. The fourth-order valence-electron chi connectivity index (χ4n) is 3.34. The second kappa shape index (κ2) is 6.90. The van der Waals surface area contributed by atoms with Gasteiger partial charge in [-0.15, -0.1) is 11.3 Å². The van der Waals surface area contributed by atoms with Crippen LogP contribution in [0.2, 0.25) is 0 Å². The van der Waals surface area contributed by atoms with E-state index in [1.165, 1.54) is 22.6 Å². The Bertz CT molecular complexity index is 488. The van der Waals surface area contributed by atoms with E-state index in [1.807, 2.05) is 0 Å². The number of ether oxygens (including phenoxy) is 1. The Morgan fingerprint density at radius 2 is 2.29 bits per heavy atom. The molecule has 1 aromatic heterocycles. The van der Waals surface area contributed by atoms with Crippen molar-refractivity contribution in [3.8, 4) is 0 Å². The van der Waals surface area contributed by atoms with Crippen molar-refractivity contribution in [1.82, 2.24) is 10.2 Å². The fraction of sp³-hybridized carbons (Fsp3) is 0.688. The summed E-state index contributed by atoms with van der Waals surface area (Å²) in [5.41, 5.74) is 0. The van der Waals surface area contributed by atoms with Crippen LogP contribution >= 0.6 is 11.3 Å². The molecule has 2 atom stereocenters. The lowest BCUT2D eigenvalue weighted by atomic mass is 10.1. The Balaban J connectivity index is 1.47. The van der Waals surface area contributed by atoms with Gasteiger partial charge >= 0.3 is 0 Å². The molecular weight excluding hydrogens is 284 g/mol. The number of thiophene rings is 1. The van der Waals surface area contributed by atoms with E-state index < -0.39 is 0 Å². The van der Waals surface area contributed by atoms with E-state index in [0.717, 1.165) is 26.0 Å². The Kier molecular flexibility index (Phi) is 4.93. The van der Waals surface area contributed by atoms with Crippen molar-refractivity contribution in [2.75, 3.05) is 19.7 Å². The summed E-state index contributed by atoms with van der Waals surface area (Å²) < 4.78 is 5.79. The van der Waals surface area contributed by atoms with Crippen LogP contribution in [0.4, 0.5) is 0 Å². The van der Waals surface area contributed by atoms with E-state index in [2.05, 4.69) is 29.3 Å². The molecule has 3 rings (SSSR count). The Morgan fingerprint density at radius 3 is 3.10 bits per heavy atom. The normalized spacial score (nSPS) is 25.8. The first kappa shape index (κ1) is 15.0. The molecule has 5 heteroatoms. The number of amides is 1. The standard InChI is InChI=1S/C16H24N2O2S/c1-2-12-6-7-13(21-12)10-17-16(19)11-18-8-9-20-15-5-3-4-14(15)18/h6-7,14-15H,2-5,8-11H2,1H3,(H,17,19)/t14-,15-/m0/s1. The lowest BCUT2D eigenvalue weighted by Gasteiger charge is -2.37. The molecule has 1 aliphatic heterocycles. The molecule has 0 spiro atoms. The summed E-state index contributed by atoms with van der Waals surface area (Å²) in [5.74, 6) is 0.133. The molecule has 4 nitrogen and oxygen atoms in total. The predicted molar refractivity (Wildman–Crippen MR) is 84.5 cm³/mol. The van der Waals surface area contributed by atoms with Gasteiger partial charge in [-0.05, 0) is 37.8 Å². The molecule has 1 amide bonds. The summed E-state index contributed by atoms with van der Waals surface area (Å²) in [7, 11) is 0. The highest BCUT2D eigenvalue weighted by Gasteiger charge is 2.36. The molecule has 116 valence electrons. The van der Waals surface area contributed by atoms with Crippen LogP contribution in [0.5, 0.6) is 0 Å². The van der Waals surface area contributed by atoms with Crippen LogP contribution in [-0.2, 0) is 22.5 Å². The van der Waals surface area contributed by atoms with Gasteiger partial charge in [0.2, 0.25) is 5.91 Å². The van der Waals surface area contributed by atoms with Gasteiger partial charge in [-0.25, -0.2) is 0 Å². The topological polar surface area (TPSA) is 41.6 Å². The quantitative estimate of drug-likeness (QED) is 0.906. The summed E-state index contributed by atoms with van der Waals surface area (Å²) in [6.07, 6.45) is 4.97. The lowest BCUT2D eigenvalue weighted by Crippen LogP contribution is -2.51. The van der Waals surface area contributed by atoms with Gasteiger partial charge in [0.1, 0.15) is 0 Å². The van der Waals surface area contributed by atoms with Crippen LogP contribution < -0.4 is 5.32 Å². The number of fused-ring (bicyclic) bond motifs is 1. The van der Waals surface area contributed by atoms with E-state index in [-0.39, 0.29) is 5.91 Å². The molecule has 1 saturated heterocycles. The maximum atomic E-state index is 12.2. The third-order valence-corrected chi connectivity index (χ3v) is 5.70. The maximum Gasteiger partial charge on any atom is 0.234 e. The number of nitrogens with one attached hydrogen (secondary N) is 1. The molecular formula is C16H24N2O2S. The van der Waals surface area contributed by atoms with Gasteiger partial charge in [-0.3, -0.25) is 9.69 Å². The highest BCUT2D eigenvalue weighted by Crippen LogP contribution is 2.29. The summed E-state index contributed by atoms with van der Waals surface area (Å²) >= 11 is 1.79. The molecule has 0 unspecified atom stereocenters. The Morgan fingerprint density at radius 1 is 1.43 bits per heavy atom. The van der Waals surface area contributed by atoms with Gasteiger partial charge in [0.25, 0.3) is 0 Å². The SMILES string of the molecule is CCc1ccc(CNC(=O)CN2CCO[C@H]3CCC[C@@H]32)s1. The van der Waals surface area contributed by atoms with Gasteiger partial charge in [0.05, 0.1) is 25.8 Å². The molecule has 1 aromatic rings. The third kappa shape index (κ3) is 3.65. The molecule has 1 N–H and O–H groups in total. The van der Waals surface area contributed by atoms with E-state index in [0.29, 0.717) is 25.2 Å². The summed E-state index contributed by atoms with van der Waals surface area (Å²) in [4.78, 5) is 17.1. The first-order chi connectivity index (χ1) is 10.3. The molecule has 2 aliphatic rings. The average Bonchev–Trinajstić information content (AvgIpc) is 3.14. The van der Waals surface area contributed by atoms with Crippen molar-refractivity contribution in [1.29, 1.82) is 0 Å². The molecule has 0 bridgehead atoms. The molecule has 0 aromatic carbocycles. The van der Waals surface area contributed by atoms with Gasteiger partial charge < -0.3 is 10.1 Å². The minimum Gasteiger partial charge on any atom is -0.375 e. The van der Waals surface area contributed by atoms with Crippen molar-refractivity contribution in [2.24, 2.45) is 0 Å². The number of aryl methyl sites for hydroxylation is 1. The van der Waals surface area contributed by atoms with Crippen LogP contribution in [0.25, 0.3) is 0 Å². The van der Waals surface area contributed by atoms with E-state index in [4.69, 9.17) is 4.74 Å². The fourth-order valence-corrected chi connectivity index (χ4v) is 4.23. The lowest BCUT2D eigenvalue weighted by molar-refractivity contribution is -0.126. The van der Waals surface area contributed by atoms with Crippen molar-refractivity contribution in [3.05, 3.63) is 21.9 Å². The van der Waals surface area contributed by atoms with E-state index in [9.17, 15) is 4.79 Å². The van der Waals surface area contributed by atoms with Crippen molar-refractivity contribution in [2.45, 2.75) is 51.3 Å². The highest BCUT2D eigenvalue weighted by molar-refractivity contribution is 7.11. The molecule has 1 aliphatic carbocycles. The van der Waals surface area contributed by atoms with E-state index in [1.54, 1.807) is 11.3 Å². The zero-order valence-electron chi connectivity index (χ0n) is 12.6. The number of carbonyl (C=O) groups excluding carboxylic acids is 1. The van der Waals surface area contributed by atoms with Crippen LogP contribution in [0, 0.1) is 0 Å². The van der Waals surface area contributed by atoms with E-state index >= 15 is 0 Å². The molecule has 21 heavy (non-hydrogen) atoms. The van der Waals surface area contributed by atoms with Gasteiger partial charge in [0, 0.05) is 22.3 Å². The highest BCUT2D eigenvalue weighted by atomic mass is 32.1. The van der Waals surface area contributed by atoms with Crippen molar-refractivity contribution >= 4 is 17.2 Å². The summed E-state index contributed by atoms with van der Waals surface area (Å²) in [6.45, 7) is 4.97. The smallest absolute Gasteiger partial charge is 0.234 e. The molecule has 1 saturated carbocycles. The van der Waals surface area contributed by atoms with Crippen molar-refractivity contribution in [3.63, 3.8) is 0 Å². The van der Waals surface area contributed by atoms with Gasteiger partial charge in [-0.1, -0.05) is 6.92 Å². The summed E-state index contributed by atoms with van der Waals surface area (Å²) in [5, 5.41) is 3.05. The number of carbonyl (C=O) groups is 1. The largest absolute Gasteiger partial charge is 0.375 e. The summed E-state index contributed by atoms with van der Waals surface area (Å²) in [6, 6.07) is 4.72. The third-order valence-electron chi connectivity index (χ3n) is 4.47. The Hall–Kier alpha value is -0.910. The first-order valence-corrected chi connectivity index (χ1v) is 8.78. The average molecular weight is 308 g/mol. The number of rotatable bonds is 5. The maximum absolute atomic E-state index is 12.2. The van der Waals surface area contributed by atoms with Gasteiger partial charge in [-0.2, -0.15) is 0 Å². The zero-order chi connectivity index (χ0) is 14.7. The second-order valence-electron chi connectivity index (χ2n) is 5.88. The number of hydrogen-bond acceptors (Lipinski definition) is 4. The van der Waals surface area contributed by atoms with Crippen LogP contribution in [0.1, 0.15) is 35.9 Å². The minimum absolute atomic E-state index is 0.133. The molecule has 0 radical (unpaired) electrons. The Labute approximate surface area is 130 Å². The van der Waals surface area contributed by atoms with Crippen LogP contribution in [0.15, 0.2) is 12.1 Å². The van der Waals surface area contributed by atoms with Crippen LogP contribution in [-0.4, -0.2) is 42.6 Å². The molecule has 2 heterocycles. The number of hydrogen-bond donors (Lipinski definition) is 1. The first-order valence-electron chi connectivity index (χ1n) is 7.96. The minimum atomic E-state index is 0.133. The van der Waals surface area contributed by atoms with Crippen molar-refractivity contribution < 1.29 is 9.53 Å². The number of nitrogens with zero attached hydrogens (tertiary/aromatic N) is 1. The van der Waals surface area contributed by atoms with Gasteiger partial charge in [0.15, 0.2) is 0 Å². The van der Waals surface area contributed by atoms with Crippen LogP contribution in [0.3, 0.4) is 0 Å². The molecule has 2 fully saturated rings.